The Morgan fingerprint density at radius 2 is 2.05 bits per heavy atom. The molecule has 2 aromatic rings. The minimum atomic E-state index is 0.369. The fraction of sp³-hybridized carbons (Fsp3) is 0.462. The van der Waals surface area contributed by atoms with Crippen molar-refractivity contribution >= 4 is 33.2 Å². The lowest BCUT2D eigenvalue weighted by Crippen LogP contribution is -2.09. The summed E-state index contributed by atoms with van der Waals surface area (Å²) < 4.78 is 6.52. The Balaban J connectivity index is 2.32. The summed E-state index contributed by atoms with van der Waals surface area (Å²) in [5.74, 6) is 1.18. The first kappa shape index (κ1) is 15.2. The molecule has 0 spiro atoms. The van der Waals surface area contributed by atoms with E-state index in [1.54, 1.807) is 11.3 Å². The Bertz CT molecular complexity index is 535. The third-order valence-corrected chi connectivity index (χ3v) is 4.14. The average Bonchev–Trinajstić information content (AvgIpc) is 2.89. The molecule has 0 aliphatic rings. The number of thiophene rings is 1. The van der Waals surface area contributed by atoms with Gasteiger partial charge in [0.05, 0.1) is 6.61 Å². The molecule has 5 nitrogen and oxygen atoms in total. The Hall–Kier alpha value is -1.21. The molecule has 2 heterocycles. The molecule has 7 heteroatoms. The van der Waals surface area contributed by atoms with Gasteiger partial charge in [-0.3, -0.25) is 0 Å². The number of nitrogens with one attached hydrogen (secondary N) is 1. The van der Waals surface area contributed by atoms with Crippen LogP contribution < -0.4 is 10.1 Å². The van der Waals surface area contributed by atoms with Crippen LogP contribution in [-0.2, 0) is 0 Å². The van der Waals surface area contributed by atoms with E-state index in [2.05, 4.69) is 43.1 Å². The number of rotatable bonds is 7. The Morgan fingerprint density at radius 3 is 2.70 bits per heavy atom. The van der Waals surface area contributed by atoms with E-state index in [1.165, 1.54) is 0 Å². The van der Waals surface area contributed by atoms with Crippen LogP contribution in [-0.4, -0.2) is 28.1 Å². The van der Waals surface area contributed by atoms with Crippen LogP contribution in [0.2, 0.25) is 0 Å². The van der Waals surface area contributed by atoms with Crippen molar-refractivity contribution in [2.45, 2.75) is 26.7 Å². The van der Waals surface area contributed by atoms with Crippen molar-refractivity contribution in [2.24, 2.45) is 0 Å². The largest absolute Gasteiger partial charge is 0.463 e. The van der Waals surface area contributed by atoms with Gasteiger partial charge in [0.15, 0.2) is 5.82 Å². The standard InChI is InChI=1S/C13H17BrN4OS/c1-3-5-15-12-16-11(9-7-20-8-10(9)14)17-13(18-12)19-6-4-2/h7-8H,3-6H2,1-2H3,(H,15,16,17,18). The van der Waals surface area contributed by atoms with Crippen LogP contribution in [0.25, 0.3) is 11.4 Å². The quantitative estimate of drug-likeness (QED) is 0.812. The molecule has 0 saturated heterocycles. The van der Waals surface area contributed by atoms with Crippen molar-refractivity contribution in [3.8, 4) is 17.4 Å². The summed E-state index contributed by atoms with van der Waals surface area (Å²) in [6.07, 6.45) is 1.93. The van der Waals surface area contributed by atoms with E-state index in [-0.39, 0.29) is 0 Å². The van der Waals surface area contributed by atoms with Crippen LogP contribution in [0, 0.1) is 0 Å². The number of nitrogens with zero attached hydrogens (tertiary/aromatic N) is 3. The van der Waals surface area contributed by atoms with Gasteiger partial charge in [0, 0.05) is 27.3 Å². The van der Waals surface area contributed by atoms with Gasteiger partial charge in [0.2, 0.25) is 5.95 Å². The van der Waals surface area contributed by atoms with E-state index < -0.39 is 0 Å². The van der Waals surface area contributed by atoms with Crippen LogP contribution in [0.3, 0.4) is 0 Å². The van der Waals surface area contributed by atoms with Gasteiger partial charge in [-0.1, -0.05) is 13.8 Å². The molecule has 0 aliphatic heterocycles. The van der Waals surface area contributed by atoms with Gasteiger partial charge in [0.1, 0.15) is 0 Å². The monoisotopic (exact) mass is 356 g/mol. The van der Waals surface area contributed by atoms with E-state index in [9.17, 15) is 0 Å². The van der Waals surface area contributed by atoms with Crippen molar-refractivity contribution in [1.82, 2.24) is 15.0 Å². The summed E-state index contributed by atoms with van der Waals surface area (Å²) in [5, 5.41) is 7.19. The SMILES string of the molecule is CCCNc1nc(OCCC)nc(-c2cscc2Br)n1. The highest BCUT2D eigenvalue weighted by Gasteiger charge is 2.12. The number of hydrogen-bond acceptors (Lipinski definition) is 6. The molecule has 0 radical (unpaired) electrons. The topological polar surface area (TPSA) is 59.9 Å². The molecule has 2 rings (SSSR count). The molecule has 2 aromatic heterocycles. The van der Waals surface area contributed by atoms with Crippen LogP contribution in [0.5, 0.6) is 6.01 Å². The van der Waals surface area contributed by atoms with E-state index in [4.69, 9.17) is 4.74 Å². The molecule has 0 atom stereocenters. The van der Waals surface area contributed by atoms with Gasteiger partial charge in [-0.05, 0) is 28.8 Å². The lowest BCUT2D eigenvalue weighted by Gasteiger charge is -2.08. The number of ether oxygens (including phenoxy) is 1. The van der Waals surface area contributed by atoms with E-state index in [1.807, 2.05) is 17.7 Å². The molecule has 0 bridgehead atoms. The highest BCUT2D eigenvalue weighted by atomic mass is 79.9. The maximum absolute atomic E-state index is 5.54. The molecule has 0 fully saturated rings. The lowest BCUT2D eigenvalue weighted by molar-refractivity contribution is 0.292. The van der Waals surface area contributed by atoms with Gasteiger partial charge in [-0.15, -0.1) is 0 Å². The smallest absolute Gasteiger partial charge is 0.321 e. The number of anilines is 1. The number of hydrogen-bond donors (Lipinski definition) is 1. The predicted octanol–water partition coefficient (Wildman–Crippen LogP) is 3.97. The molecule has 0 aliphatic carbocycles. The second kappa shape index (κ2) is 7.54. The molecule has 0 saturated carbocycles. The highest BCUT2D eigenvalue weighted by molar-refractivity contribution is 9.10. The first-order chi connectivity index (χ1) is 9.74. The maximum atomic E-state index is 5.54. The minimum absolute atomic E-state index is 0.369. The first-order valence-corrected chi connectivity index (χ1v) is 8.33. The van der Waals surface area contributed by atoms with E-state index >= 15 is 0 Å². The summed E-state index contributed by atoms with van der Waals surface area (Å²) in [5.41, 5.74) is 0.957. The fourth-order valence-corrected chi connectivity index (χ4v) is 2.94. The van der Waals surface area contributed by atoms with Crippen LogP contribution in [0.1, 0.15) is 26.7 Å². The molecular weight excluding hydrogens is 340 g/mol. The summed E-state index contributed by atoms with van der Waals surface area (Å²) in [6, 6.07) is 0.369. The van der Waals surface area contributed by atoms with E-state index in [0.717, 1.165) is 29.4 Å². The summed E-state index contributed by atoms with van der Waals surface area (Å²) in [4.78, 5) is 13.1. The lowest BCUT2D eigenvalue weighted by atomic mass is 10.3. The molecule has 0 aromatic carbocycles. The predicted molar refractivity (Wildman–Crippen MR) is 85.4 cm³/mol. The van der Waals surface area contributed by atoms with Crippen molar-refractivity contribution in [2.75, 3.05) is 18.5 Å². The molecule has 20 heavy (non-hydrogen) atoms. The summed E-state index contributed by atoms with van der Waals surface area (Å²) in [7, 11) is 0. The van der Waals surface area contributed by atoms with Crippen molar-refractivity contribution < 1.29 is 4.74 Å². The minimum Gasteiger partial charge on any atom is -0.463 e. The van der Waals surface area contributed by atoms with Gasteiger partial charge >= 0.3 is 6.01 Å². The summed E-state index contributed by atoms with van der Waals surface area (Å²) >= 11 is 5.11. The van der Waals surface area contributed by atoms with Crippen molar-refractivity contribution in [3.05, 3.63) is 15.2 Å². The van der Waals surface area contributed by atoms with Gasteiger partial charge < -0.3 is 10.1 Å². The Kier molecular flexibility index (Phi) is 5.72. The molecule has 1 N–H and O–H groups in total. The van der Waals surface area contributed by atoms with Crippen molar-refractivity contribution in [3.63, 3.8) is 0 Å². The highest BCUT2D eigenvalue weighted by Crippen LogP contribution is 2.30. The second-order valence-electron chi connectivity index (χ2n) is 4.17. The number of aromatic nitrogens is 3. The summed E-state index contributed by atoms with van der Waals surface area (Å²) in [6.45, 7) is 5.57. The average molecular weight is 357 g/mol. The van der Waals surface area contributed by atoms with Crippen LogP contribution >= 0.6 is 27.3 Å². The van der Waals surface area contributed by atoms with Crippen LogP contribution in [0.15, 0.2) is 15.2 Å². The molecule has 0 unspecified atom stereocenters. The maximum Gasteiger partial charge on any atom is 0.321 e. The van der Waals surface area contributed by atoms with Gasteiger partial charge in [0.25, 0.3) is 0 Å². The zero-order chi connectivity index (χ0) is 14.4. The van der Waals surface area contributed by atoms with Gasteiger partial charge in [-0.25, -0.2) is 0 Å². The van der Waals surface area contributed by atoms with Crippen molar-refractivity contribution in [1.29, 1.82) is 0 Å². The van der Waals surface area contributed by atoms with E-state index in [0.29, 0.717) is 24.4 Å². The third-order valence-electron chi connectivity index (χ3n) is 2.44. The third kappa shape index (κ3) is 3.89. The number of halogens is 1. The first-order valence-electron chi connectivity index (χ1n) is 6.59. The molecule has 0 amide bonds. The zero-order valence-corrected chi connectivity index (χ0v) is 13.9. The molecular formula is C13H17BrN4OS. The Labute approximate surface area is 131 Å². The van der Waals surface area contributed by atoms with Gasteiger partial charge in [-0.2, -0.15) is 26.3 Å². The zero-order valence-electron chi connectivity index (χ0n) is 11.5. The normalized spacial score (nSPS) is 10.6. The molecule has 108 valence electrons. The Morgan fingerprint density at radius 1 is 1.20 bits per heavy atom. The second-order valence-corrected chi connectivity index (χ2v) is 5.77. The fourth-order valence-electron chi connectivity index (χ4n) is 1.49. The van der Waals surface area contributed by atoms with Crippen LogP contribution in [0.4, 0.5) is 5.95 Å².